The average molecular weight is 885 g/mol. The molecule has 0 spiro atoms. The molecule has 328 valence electrons. The Morgan fingerprint density at radius 3 is 1.15 bits per heavy atom. The number of rotatable bonds is 18. The third-order valence-electron chi connectivity index (χ3n) is 9.76. The number of nitrogens with zero attached hydrogens (tertiary/aromatic N) is 2. The number of unbranched alkanes of at least 4 members (excludes halogenated alkanes) is 8. The number of carbonyl (C=O) groups excluding carboxylic acids is 4. The van der Waals surface area contributed by atoms with E-state index < -0.39 is 49.7 Å². The zero-order valence-corrected chi connectivity index (χ0v) is 35.4. The molecule has 17 nitrogen and oxygen atoms in total. The molecule has 0 saturated heterocycles. The fourth-order valence-electron chi connectivity index (χ4n) is 6.62. The molecule has 2 aliphatic rings. The number of carbonyl (C=O) groups is 4. The molecule has 19 heteroatoms. The summed E-state index contributed by atoms with van der Waals surface area (Å²) in [6.07, 6.45) is 8.53. The van der Waals surface area contributed by atoms with E-state index in [1.165, 1.54) is 67.8 Å². The van der Waals surface area contributed by atoms with Crippen LogP contribution in [0.3, 0.4) is 0 Å². The fraction of sp³-hybridized carbons (Fsp3) is 0.333. The quantitative estimate of drug-likeness (QED) is 0.0283. The predicted octanol–water partition coefficient (Wildman–Crippen LogP) is 7.92. The van der Waals surface area contributed by atoms with Crippen LogP contribution in [0.2, 0.25) is 0 Å². The summed E-state index contributed by atoms with van der Waals surface area (Å²) in [4.78, 5) is 61.0. The van der Waals surface area contributed by atoms with E-state index in [0.29, 0.717) is 22.6 Å². The van der Waals surface area contributed by atoms with E-state index in [4.69, 9.17) is 19.3 Å². The summed E-state index contributed by atoms with van der Waals surface area (Å²) in [6, 6.07) is 24.2. The second-order valence-corrected chi connectivity index (χ2v) is 17.0. The van der Waals surface area contributed by atoms with Crippen molar-refractivity contribution in [2.45, 2.75) is 101 Å². The second-order valence-electron chi connectivity index (χ2n) is 14.2. The van der Waals surface area contributed by atoms with Gasteiger partial charge < -0.3 is 0 Å². The molecule has 0 unspecified atom stereocenters. The maximum absolute atomic E-state index is 13.6. The zero-order valence-electron chi connectivity index (χ0n) is 33.8. The summed E-state index contributed by atoms with van der Waals surface area (Å²) in [5, 5.41) is 20.6. The topological polar surface area (TPSA) is 241 Å². The Hall–Kier alpha value is -5.22. The van der Waals surface area contributed by atoms with Crippen LogP contribution in [0.15, 0.2) is 107 Å². The Labute approximate surface area is 354 Å². The molecule has 0 aliphatic carbocycles. The number of fused-ring (bicyclic) bond motifs is 2. The lowest BCUT2D eigenvalue weighted by atomic mass is 10.0. The number of hydrogen-bond donors (Lipinski definition) is 3. The van der Waals surface area contributed by atoms with Gasteiger partial charge in [-0.3, -0.25) is 28.3 Å². The Kier molecular flexibility index (Phi) is 17.5. The SMILES string of the molecule is CCCCCCCCCCCC(OOOOO)(N1C(=O)c2ccccc2C1=O)N1C(=O)c2ccccc2C1=O.Cc1ccc(S(=O)(=O)O)cc1.Cc1ccc(S(=O)(=O)O)cc1. The van der Waals surface area contributed by atoms with Crippen molar-refractivity contribution in [2.75, 3.05) is 0 Å². The Bertz CT molecular complexity index is 2150. The highest BCUT2D eigenvalue weighted by Gasteiger charge is 2.60. The van der Waals surface area contributed by atoms with Crippen LogP contribution in [-0.2, 0) is 40.2 Å². The van der Waals surface area contributed by atoms with Crippen molar-refractivity contribution < 1.29 is 70.4 Å². The molecule has 0 atom stereocenters. The molecule has 0 radical (unpaired) electrons. The summed E-state index contributed by atoms with van der Waals surface area (Å²) in [7, 11) is -8.04. The number of imide groups is 2. The van der Waals surface area contributed by atoms with Crippen LogP contribution < -0.4 is 0 Å². The molecule has 2 heterocycles. The van der Waals surface area contributed by atoms with Gasteiger partial charge >= 0.3 is 0 Å². The average Bonchev–Trinajstić information content (AvgIpc) is 3.64. The number of benzene rings is 4. The summed E-state index contributed by atoms with van der Waals surface area (Å²) >= 11 is 0. The molecule has 4 amide bonds. The summed E-state index contributed by atoms with van der Waals surface area (Å²) < 4.78 is 59.1. The van der Waals surface area contributed by atoms with Crippen molar-refractivity contribution >= 4 is 43.9 Å². The molecular formula is C42H48N2O15S2. The van der Waals surface area contributed by atoms with Crippen LogP contribution in [-0.4, -0.2) is 70.5 Å². The lowest BCUT2D eigenvalue weighted by Crippen LogP contribution is -2.65. The zero-order chi connectivity index (χ0) is 44.8. The summed E-state index contributed by atoms with van der Waals surface area (Å²) in [5.41, 5.74) is 2.24. The van der Waals surface area contributed by atoms with Gasteiger partial charge in [0, 0.05) is 6.42 Å². The monoisotopic (exact) mass is 884 g/mol. The van der Waals surface area contributed by atoms with Gasteiger partial charge in [-0.05, 0) is 83.9 Å². The maximum Gasteiger partial charge on any atom is 0.294 e. The van der Waals surface area contributed by atoms with Crippen LogP contribution in [0.4, 0.5) is 0 Å². The molecule has 2 aliphatic heterocycles. The van der Waals surface area contributed by atoms with Crippen LogP contribution in [0.25, 0.3) is 0 Å². The minimum atomic E-state index is -4.02. The first-order chi connectivity index (χ1) is 29.0. The van der Waals surface area contributed by atoms with Crippen molar-refractivity contribution in [3.63, 3.8) is 0 Å². The maximum atomic E-state index is 13.6. The Morgan fingerprint density at radius 2 is 0.836 bits per heavy atom. The molecule has 0 fully saturated rings. The Morgan fingerprint density at radius 1 is 0.508 bits per heavy atom. The molecule has 0 saturated carbocycles. The van der Waals surface area contributed by atoms with Gasteiger partial charge in [0.15, 0.2) is 0 Å². The minimum absolute atomic E-state index is 0.0666. The molecule has 3 N–H and O–H groups in total. The van der Waals surface area contributed by atoms with Crippen molar-refractivity contribution in [2.24, 2.45) is 0 Å². The Balaban J connectivity index is 0.000000301. The summed E-state index contributed by atoms with van der Waals surface area (Å²) in [5.74, 6) is -5.50. The summed E-state index contributed by atoms with van der Waals surface area (Å²) in [6.45, 7) is 5.85. The van der Waals surface area contributed by atoms with Gasteiger partial charge in [0.25, 0.3) is 49.7 Å². The highest BCUT2D eigenvalue weighted by Crippen LogP contribution is 2.41. The first kappa shape index (κ1) is 48.4. The van der Waals surface area contributed by atoms with Crippen molar-refractivity contribution in [3.05, 3.63) is 130 Å². The third kappa shape index (κ3) is 12.4. The normalized spacial score (nSPS) is 13.7. The smallest absolute Gasteiger partial charge is 0.282 e. The van der Waals surface area contributed by atoms with E-state index in [0.717, 1.165) is 36.8 Å². The largest absolute Gasteiger partial charge is 0.294 e. The van der Waals surface area contributed by atoms with E-state index >= 15 is 0 Å². The fourth-order valence-corrected chi connectivity index (χ4v) is 7.58. The molecule has 6 rings (SSSR count). The first-order valence-corrected chi connectivity index (χ1v) is 22.2. The van der Waals surface area contributed by atoms with Gasteiger partial charge in [-0.25, -0.2) is 15.1 Å². The van der Waals surface area contributed by atoms with Crippen LogP contribution in [0.1, 0.15) is 124 Å². The lowest BCUT2D eigenvalue weighted by molar-refractivity contribution is -0.719. The molecule has 0 aromatic heterocycles. The van der Waals surface area contributed by atoms with Crippen molar-refractivity contribution in [1.29, 1.82) is 0 Å². The molecular weight excluding hydrogens is 837 g/mol. The predicted molar refractivity (Wildman–Crippen MR) is 217 cm³/mol. The third-order valence-corrected chi connectivity index (χ3v) is 11.5. The lowest BCUT2D eigenvalue weighted by Gasteiger charge is -2.42. The van der Waals surface area contributed by atoms with E-state index in [2.05, 4.69) is 22.0 Å². The number of hydrogen-bond acceptors (Lipinski definition) is 13. The van der Waals surface area contributed by atoms with E-state index in [-0.39, 0.29) is 38.5 Å². The van der Waals surface area contributed by atoms with Gasteiger partial charge in [-0.15, -0.1) is 0 Å². The van der Waals surface area contributed by atoms with E-state index in [1.54, 1.807) is 48.5 Å². The van der Waals surface area contributed by atoms with Crippen molar-refractivity contribution in [1.82, 2.24) is 9.80 Å². The minimum Gasteiger partial charge on any atom is -0.282 e. The highest BCUT2D eigenvalue weighted by molar-refractivity contribution is 7.86. The van der Waals surface area contributed by atoms with E-state index in [9.17, 15) is 36.0 Å². The van der Waals surface area contributed by atoms with Crippen LogP contribution in [0.5, 0.6) is 0 Å². The van der Waals surface area contributed by atoms with Gasteiger partial charge in [0.2, 0.25) is 0 Å². The van der Waals surface area contributed by atoms with Gasteiger partial charge in [-0.1, -0.05) is 118 Å². The van der Waals surface area contributed by atoms with Gasteiger partial charge in [0.1, 0.15) is 0 Å². The molecule has 4 aromatic rings. The number of aryl methyl sites for hydroxylation is 2. The molecule has 61 heavy (non-hydrogen) atoms. The van der Waals surface area contributed by atoms with Crippen molar-refractivity contribution in [3.8, 4) is 0 Å². The first-order valence-electron chi connectivity index (χ1n) is 19.3. The molecule has 0 bridgehead atoms. The van der Waals surface area contributed by atoms with Crippen LogP contribution in [0, 0.1) is 13.8 Å². The van der Waals surface area contributed by atoms with Gasteiger partial charge in [0.05, 0.1) is 32.0 Å². The number of amides is 4. The highest BCUT2D eigenvalue weighted by atomic mass is 32.2. The van der Waals surface area contributed by atoms with Gasteiger partial charge in [-0.2, -0.15) is 21.7 Å². The van der Waals surface area contributed by atoms with E-state index in [1.807, 2.05) is 13.8 Å². The molecule has 4 aromatic carbocycles. The second kappa shape index (κ2) is 22.0. The standard InChI is InChI=1S/C28H32N2O9.2C7H8O3S/c1-2-3-4-5-6-7-8-9-14-19-28(36-38-39-37-35,29-24(31)20-15-10-11-16-21(20)25(29)32)30-26(33)22-17-12-13-18-23(22)27(30)34;2*1-6-2-4-7(5-3-6)11(8,9)10/h10-13,15-18,35H,2-9,14,19H2,1H3;2*2-5H,1H3,(H,8,9,10). The van der Waals surface area contributed by atoms with Crippen LogP contribution >= 0.6 is 0 Å².